The van der Waals surface area contributed by atoms with Crippen molar-refractivity contribution in [1.29, 1.82) is 0 Å². The number of benzene rings is 1. The number of hydrogen-bond acceptors (Lipinski definition) is 7. The van der Waals surface area contributed by atoms with Crippen molar-refractivity contribution >= 4 is 11.7 Å². The fourth-order valence-electron chi connectivity index (χ4n) is 2.29. The number of hydrogen-bond donors (Lipinski definition) is 2. The second-order valence-electron chi connectivity index (χ2n) is 5.46. The van der Waals surface area contributed by atoms with E-state index >= 15 is 0 Å². The fourth-order valence-corrected chi connectivity index (χ4v) is 2.29. The predicted molar refractivity (Wildman–Crippen MR) is 99.5 cm³/mol. The Balaban J connectivity index is 1.61. The van der Waals surface area contributed by atoms with E-state index in [1.54, 1.807) is 12.3 Å². The van der Waals surface area contributed by atoms with E-state index in [4.69, 9.17) is 15.2 Å². The van der Waals surface area contributed by atoms with E-state index in [-0.39, 0.29) is 18.1 Å². The van der Waals surface area contributed by atoms with Gasteiger partial charge >= 0.3 is 0 Å². The van der Waals surface area contributed by atoms with Crippen LogP contribution in [0.3, 0.4) is 0 Å². The molecule has 138 valence electrons. The fraction of sp³-hybridized carbons (Fsp3) is 0.158. The van der Waals surface area contributed by atoms with Gasteiger partial charge in [0.2, 0.25) is 5.88 Å². The van der Waals surface area contributed by atoms with Gasteiger partial charge in [0.15, 0.2) is 23.0 Å². The number of carbonyl (C=O) groups is 1. The number of amides is 1. The number of nitrogens with two attached hydrogens (primary N) is 1. The molecule has 8 nitrogen and oxygen atoms in total. The maximum Gasteiger partial charge on any atom is 0.273 e. The number of pyridine rings is 1. The number of anilines is 1. The predicted octanol–water partition coefficient (Wildman–Crippen LogP) is 2.57. The van der Waals surface area contributed by atoms with E-state index in [1.807, 2.05) is 37.3 Å². The lowest BCUT2D eigenvalue weighted by Crippen LogP contribution is -2.25. The monoisotopic (exact) mass is 365 g/mol. The van der Waals surface area contributed by atoms with Gasteiger partial charge in [-0.05, 0) is 24.6 Å². The number of nitrogens with one attached hydrogen (secondary N) is 1. The number of ether oxygens (including phenoxy) is 2. The summed E-state index contributed by atoms with van der Waals surface area (Å²) in [4.78, 5) is 24.1. The summed E-state index contributed by atoms with van der Waals surface area (Å²) in [5.74, 6) is 1.36. The Morgan fingerprint density at radius 1 is 1.07 bits per heavy atom. The largest absolute Gasteiger partial charge is 0.490 e. The molecule has 0 atom stereocenters. The topological polar surface area (TPSA) is 112 Å². The van der Waals surface area contributed by atoms with Crippen LogP contribution in [0.4, 0.5) is 5.82 Å². The molecular formula is C19H19N5O3. The molecule has 1 aromatic carbocycles. The molecule has 0 saturated heterocycles. The Bertz CT molecular complexity index is 915. The first-order valence-electron chi connectivity index (χ1n) is 8.36. The summed E-state index contributed by atoms with van der Waals surface area (Å²) in [6.07, 6.45) is 4.47. The summed E-state index contributed by atoms with van der Waals surface area (Å²) in [6.45, 7) is 2.73. The molecule has 1 amide bonds. The molecule has 0 saturated carbocycles. The molecule has 3 N–H and O–H groups in total. The summed E-state index contributed by atoms with van der Waals surface area (Å²) < 4.78 is 11.3. The Labute approximate surface area is 156 Å². The summed E-state index contributed by atoms with van der Waals surface area (Å²) in [6, 6.07) is 10.9. The van der Waals surface area contributed by atoms with Crippen molar-refractivity contribution in [2.75, 3.05) is 12.3 Å². The van der Waals surface area contributed by atoms with Crippen molar-refractivity contribution in [2.24, 2.45) is 0 Å². The van der Waals surface area contributed by atoms with Crippen molar-refractivity contribution < 1.29 is 14.3 Å². The van der Waals surface area contributed by atoms with Crippen LogP contribution in [0, 0.1) is 0 Å². The lowest BCUT2D eigenvalue weighted by molar-refractivity contribution is 0.0946. The molecule has 2 aromatic heterocycles. The second kappa shape index (κ2) is 8.61. The highest BCUT2D eigenvalue weighted by molar-refractivity contribution is 5.96. The molecule has 27 heavy (non-hydrogen) atoms. The average molecular weight is 365 g/mol. The first-order valence-corrected chi connectivity index (χ1v) is 8.36. The summed E-state index contributed by atoms with van der Waals surface area (Å²) in [5.41, 5.74) is 6.54. The van der Waals surface area contributed by atoms with Gasteiger partial charge < -0.3 is 20.5 Å². The summed E-state index contributed by atoms with van der Waals surface area (Å²) >= 11 is 0. The van der Waals surface area contributed by atoms with Gasteiger partial charge in [-0.2, -0.15) is 0 Å². The number of carbonyl (C=O) groups excluding carboxylic acids is 1. The lowest BCUT2D eigenvalue weighted by atomic mass is 10.2. The molecule has 8 heteroatoms. The minimum absolute atomic E-state index is 0.0878. The summed E-state index contributed by atoms with van der Waals surface area (Å²) in [5, 5.41) is 2.73. The average Bonchev–Trinajstić information content (AvgIpc) is 2.69. The number of nitrogen functional groups attached to an aromatic ring is 1. The highest BCUT2D eigenvalue weighted by Crippen LogP contribution is 2.30. The van der Waals surface area contributed by atoms with E-state index < -0.39 is 5.91 Å². The zero-order valence-electron chi connectivity index (χ0n) is 14.8. The van der Waals surface area contributed by atoms with Gasteiger partial charge in [0, 0.05) is 31.2 Å². The molecule has 0 unspecified atom stereocenters. The van der Waals surface area contributed by atoms with E-state index in [0.29, 0.717) is 24.0 Å². The highest BCUT2D eigenvalue weighted by atomic mass is 16.5. The highest BCUT2D eigenvalue weighted by Gasteiger charge is 2.11. The zero-order chi connectivity index (χ0) is 19.1. The van der Waals surface area contributed by atoms with Crippen molar-refractivity contribution in [1.82, 2.24) is 20.3 Å². The van der Waals surface area contributed by atoms with Gasteiger partial charge in [-0.3, -0.25) is 4.79 Å². The number of nitrogens with zero attached hydrogens (tertiary/aromatic N) is 3. The van der Waals surface area contributed by atoms with Gasteiger partial charge in [0.1, 0.15) is 0 Å². The molecule has 0 spiro atoms. The van der Waals surface area contributed by atoms with Gasteiger partial charge in [0.25, 0.3) is 5.91 Å². The first-order chi connectivity index (χ1) is 13.2. The smallest absolute Gasteiger partial charge is 0.273 e. The van der Waals surface area contributed by atoms with Crippen molar-refractivity contribution in [3.05, 3.63) is 66.2 Å². The third-order valence-corrected chi connectivity index (χ3v) is 3.56. The maximum atomic E-state index is 12.1. The van der Waals surface area contributed by atoms with Gasteiger partial charge in [-0.1, -0.05) is 18.2 Å². The molecule has 2 heterocycles. The molecule has 0 fully saturated rings. The third-order valence-electron chi connectivity index (χ3n) is 3.56. The van der Waals surface area contributed by atoms with Crippen LogP contribution in [0.15, 0.2) is 55.0 Å². The van der Waals surface area contributed by atoms with E-state index in [0.717, 1.165) is 5.56 Å². The molecule has 0 bridgehead atoms. The van der Waals surface area contributed by atoms with Crippen LogP contribution >= 0.6 is 0 Å². The molecule has 0 aliphatic carbocycles. The van der Waals surface area contributed by atoms with Gasteiger partial charge in [-0.15, -0.1) is 0 Å². The minimum Gasteiger partial charge on any atom is -0.490 e. The Kier molecular flexibility index (Phi) is 5.78. The standard InChI is InChI=1S/C19H19N5O3/c1-2-26-14-5-3-4-6-15(14)27-16-8-7-13(11-23-16)12-24-19(25)17-18(20)22-10-9-21-17/h3-11H,2,12H2,1H3,(H2,20,22)(H,24,25). The van der Waals surface area contributed by atoms with Gasteiger partial charge in [-0.25, -0.2) is 15.0 Å². The van der Waals surface area contributed by atoms with Crippen LogP contribution in [0.5, 0.6) is 17.4 Å². The SMILES string of the molecule is CCOc1ccccc1Oc1ccc(CNC(=O)c2nccnc2N)cn1. The molecular weight excluding hydrogens is 346 g/mol. The van der Waals surface area contributed by atoms with Crippen molar-refractivity contribution in [3.8, 4) is 17.4 Å². The summed E-state index contributed by atoms with van der Waals surface area (Å²) in [7, 11) is 0. The van der Waals surface area contributed by atoms with Crippen LogP contribution < -0.4 is 20.5 Å². The van der Waals surface area contributed by atoms with Crippen molar-refractivity contribution in [3.63, 3.8) is 0 Å². The lowest BCUT2D eigenvalue weighted by Gasteiger charge is -2.11. The van der Waals surface area contributed by atoms with E-state index in [1.165, 1.54) is 12.4 Å². The molecule has 3 aromatic rings. The Morgan fingerprint density at radius 3 is 2.56 bits per heavy atom. The number of para-hydroxylation sites is 2. The molecule has 3 rings (SSSR count). The quantitative estimate of drug-likeness (QED) is 0.662. The maximum absolute atomic E-state index is 12.1. The van der Waals surface area contributed by atoms with Crippen LogP contribution in [-0.4, -0.2) is 27.5 Å². The number of aromatic nitrogens is 3. The minimum atomic E-state index is -0.397. The van der Waals surface area contributed by atoms with E-state index in [9.17, 15) is 4.79 Å². The molecule has 0 aliphatic heterocycles. The van der Waals surface area contributed by atoms with Crippen molar-refractivity contribution in [2.45, 2.75) is 13.5 Å². The molecule has 0 radical (unpaired) electrons. The van der Waals surface area contributed by atoms with Crippen LogP contribution in [0.25, 0.3) is 0 Å². The second-order valence-corrected chi connectivity index (χ2v) is 5.46. The van der Waals surface area contributed by atoms with Crippen LogP contribution in [0.1, 0.15) is 23.0 Å². The normalized spacial score (nSPS) is 10.3. The third kappa shape index (κ3) is 4.69. The van der Waals surface area contributed by atoms with Crippen LogP contribution in [0.2, 0.25) is 0 Å². The van der Waals surface area contributed by atoms with Gasteiger partial charge in [0.05, 0.1) is 6.61 Å². The van der Waals surface area contributed by atoms with E-state index in [2.05, 4.69) is 20.3 Å². The Morgan fingerprint density at radius 2 is 1.85 bits per heavy atom. The molecule has 0 aliphatic rings. The first kappa shape index (κ1) is 18.1. The van der Waals surface area contributed by atoms with Crippen LogP contribution in [-0.2, 0) is 6.54 Å². The zero-order valence-corrected chi connectivity index (χ0v) is 14.8. The number of rotatable bonds is 7. The Hall–Kier alpha value is -3.68.